The fourth-order valence-corrected chi connectivity index (χ4v) is 3.88. The molecular formula is C23H28FN3O2. The fourth-order valence-electron chi connectivity index (χ4n) is 3.88. The van der Waals surface area contributed by atoms with Crippen LogP contribution in [0.3, 0.4) is 0 Å². The first-order chi connectivity index (χ1) is 13.8. The molecule has 29 heavy (non-hydrogen) atoms. The van der Waals surface area contributed by atoms with Gasteiger partial charge in [-0.2, -0.15) is 0 Å². The summed E-state index contributed by atoms with van der Waals surface area (Å²) in [6, 6.07) is 4.21. The van der Waals surface area contributed by atoms with Crippen LogP contribution in [-0.2, 0) is 4.79 Å². The average molecular weight is 397 g/mol. The maximum absolute atomic E-state index is 13.7. The summed E-state index contributed by atoms with van der Waals surface area (Å²) >= 11 is 0. The van der Waals surface area contributed by atoms with E-state index in [2.05, 4.69) is 29.5 Å². The molecule has 154 valence electrons. The third-order valence-corrected chi connectivity index (χ3v) is 5.75. The number of carbonyl (C=O) groups is 2. The van der Waals surface area contributed by atoms with Crippen LogP contribution in [0.15, 0.2) is 18.2 Å². The van der Waals surface area contributed by atoms with Crippen molar-refractivity contribution < 1.29 is 14.0 Å². The van der Waals surface area contributed by atoms with E-state index in [9.17, 15) is 14.0 Å². The molecule has 1 aliphatic heterocycles. The molecule has 2 aromatic rings. The van der Waals surface area contributed by atoms with Crippen LogP contribution in [0.4, 0.5) is 10.1 Å². The van der Waals surface area contributed by atoms with Crippen LogP contribution in [0, 0.1) is 25.6 Å². The Bertz CT molecular complexity index is 971. The molecule has 1 aromatic carbocycles. The molecule has 0 bridgehead atoms. The van der Waals surface area contributed by atoms with Gasteiger partial charge >= 0.3 is 0 Å². The minimum Gasteiger partial charge on any atom is -0.358 e. The molecule has 2 amide bonds. The number of benzene rings is 1. The standard InChI is InChI=1S/C23H28FN3O2/c1-5-15(6-2)9-10-25-23(29)21-13(3)20(26-14(21)4)12-18-17-11-16(24)7-8-19(17)27-22(18)28/h7-8,11-12,15,26H,5-6,9-10H2,1-4H3,(H,25,29)(H,27,28). The molecule has 0 unspecified atom stereocenters. The molecular weight excluding hydrogens is 369 g/mol. The van der Waals surface area contributed by atoms with Gasteiger partial charge in [0.05, 0.1) is 11.1 Å². The molecule has 3 N–H and O–H groups in total. The third-order valence-electron chi connectivity index (χ3n) is 5.75. The predicted molar refractivity (Wildman–Crippen MR) is 114 cm³/mol. The van der Waals surface area contributed by atoms with Gasteiger partial charge in [-0.25, -0.2) is 4.39 Å². The van der Waals surface area contributed by atoms with E-state index in [1.165, 1.54) is 12.1 Å². The van der Waals surface area contributed by atoms with Crippen LogP contribution in [0.25, 0.3) is 11.6 Å². The van der Waals surface area contributed by atoms with Crippen molar-refractivity contribution in [2.24, 2.45) is 5.92 Å². The van der Waals surface area contributed by atoms with Gasteiger partial charge in [0.1, 0.15) is 5.82 Å². The zero-order valence-electron chi connectivity index (χ0n) is 17.4. The maximum atomic E-state index is 13.7. The van der Waals surface area contributed by atoms with E-state index >= 15 is 0 Å². The van der Waals surface area contributed by atoms with Crippen molar-refractivity contribution in [3.05, 3.63) is 52.1 Å². The van der Waals surface area contributed by atoms with E-state index in [1.54, 1.807) is 12.1 Å². The van der Waals surface area contributed by atoms with E-state index in [1.807, 2.05) is 13.8 Å². The monoisotopic (exact) mass is 397 g/mol. The lowest BCUT2D eigenvalue weighted by molar-refractivity contribution is -0.110. The predicted octanol–water partition coefficient (Wildman–Crippen LogP) is 4.82. The molecule has 0 fully saturated rings. The van der Waals surface area contributed by atoms with Crippen molar-refractivity contribution in [3.63, 3.8) is 0 Å². The van der Waals surface area contributed by atoms with Gasteiger partial charge < -0.3 is 15.6 Å². The number of fused-ring (bicyclic) bond motifs is 1. The first kappa shape index (κ1) is 20.8. The van der Waals surface area contributed by atoms with Gasteiger partial charge in [0.25, 0.3) is 11.8 Å². The molecule has 0 atom stereocenters. The number of rotatable bonds is 7. The average Bonchev–Trinajstić information content (AvgIpc) is 3.14. The molecule has 1 aliphatic rings. The molecule has 0 saturated carbocycles. The fraction of sp³-hybridized carbons (Fsp3) is 0.391. The van der Waals surface area contributed by atoms with Crippen LogP contribution in [0.5, 0.6) is 0 Å². The van der Waals surface area contributed by atoms with Gasteiger partial charge in [-0.3, -0.25) is 9.59 Å². The van der Waals surface area contributed by atoms with Gasteiger partial charge in [-0.1, -0.05) is 26.7 Å². The summed E-state index contributed by atoms with van der Waals surface area (Å²) < 4.78 is 13.7. The van der Waals surface area contributed by atoms with Crippen molar-refractivity contribution in [2.45, 2.75) is 47.0 Å². The highest BCUT2D eigenvalue weighted by atomic mass is 19.1. The Morgan fingerprint density at radius 3 is 2.66 bits per heavy atom. The zero-order valence-corrected chi connectivity index (χ0v) is 17.4. The van der Waals surface area contributed by atoms with Crippen molar-refractivity contribution >= 4 is 29.2 Å². The summed E-state index contributed by atoms with van der Waals surface area (Å²) in [5.74, 6) is -0.184. The molecule has 0 saturated heterocycles. The SMILES string of the molecule is CCC(CC)CCNC(=O)c1c(C)[nH]c(C=C2C(=O)Nc3ccc(F)cc32)c1C. The van der Waals surface area contributed by atoms with Gasteiger partial charge in [0.15, 0.2) is 0 Å². The first-order valence-electron chi connectivity index (χ1n) is 10.2. The third kappa shape index (κ3) is 4.26. The quantitative estimate of drug-likeness (QED) is 0.586. The summed E-state index contributed by atoms with van der Waals surface area (Å²) in [4.78, 5) is 28.3. The van der Waals surface area contributed by atoms with Crippen molar-refractivity contribution in [1.29, 1.82) is 0 Å². The number of nitrogens with one attached hydrogen (secondary N) is 3. The van der Waals surface area contributed by atoms with E-state index < -0.39 is 5.82 Å². The highest BCUT2D eigenvalue weighted by molar-refractivity contribution is 6.34. The van der Waals surface area contributed by atoms with E-state index in [4.69, 9.17) is 0 Å². The number of amides is 2. The van der Waals surface area contributed by atoms with Crippen molar-refractivity contribution in [1.82, 2.24) is 10.3 Å². The molecule has 1 aromatic heterocycles. The summed E-state index contributed by atoms with van der Waals surface area (Å²) in [5, 5.41) is 5.75. The molecule has 0 spiro atoms. The van der Waals surface area contributed by atoms with Gasteiger partial charge in [0.2, 0.25) is 0 Å². The Kier molecular flexibility index (Phi) is 6.20. The highest BCUT2D eigenvalue weighted by Gasteiger charge is 2.26. The van der Waals surface area contributed by atoms with Gasteiger partial charge in [-0.05, 0) is 56.0 Å². The molecule has 6 heteroatoms. The molecule has 0 aliphatic carbocycles. The van der Waals surface area contributed by atoms with Gasteiger partial charge in [0, 0.05) is 29.2 Å². The van der Waals surface area contributed by atoms with Crippen LogP contribution in [0.1, 0.15) is 66.0 Å². The van der Waals surface area contributed by atoms with Crippen LogP contribution < -0.4 is 10.6 Å². The van der Waals surface area contributed by atoms with Crippen molar-refractivity contribution in [2.75, 3.05) is 11.9 Å². The number of carbonyl (C=O) groups excluding carboxylic acids is 2. The Hall–Kier alpha value is -2.89. The minimum absolute atomic E-state index is 0.117. The lowest BCUT2D eigenvalue weighted by Crippen LogP contribution is -2.26. The molecule has 3 rings (SSSR count). The highest BCUT2D eigenvalue weighted by Crippen LogP contribution is 2.34. The summed E-state index contributed by atoms with van der Waals surface area (Å²) in [6.45, 7) is 8.66. The summed E-state index contributed by atoms with van der Waals surface area (Å²) in [6.07, 6.45) is 4.86. The second-order valence-corrected chi connectivity index (χ2v) is 7.59. The number of H-pyrrole nitrogens is 1. The number of aryl methyl sites for hydroxylation is 1. The zero-order chi connectivity index (χ0) is 21.1. The van der Waals surface area contributed by atoms with Crippen LogP contribution in [0.2, 0.25) is 0 Å². The maximum Gasteiger partial charge on any atom is 0.256 e. The molecule has 2 heterocycles. The van der Waals surface area contributed by atoms with E-state index in [0.717, 1.165) is 30.5 Å². The topological polar surface area (TPSA) is 74.0 Å². The first-order valence-corrected chi connectivity index (χ1v) is 10.2. The smallest absolute Gasteiger partial charge is 0.256 e. The number of anilines is 1. The minimum atomic E-state index is -0.400. The van der Waals surface area contributed by atoms with Crippen molar-refractivity contribution in [3.8, 4) is 0 Å². The lowest BCUT2D eigenvalue weighted by Gasteiger charge is -2.12. The number of aromatic nitrogens is 1. The second-order valence-electron chi connectivity index (χ2n) is 7.59. The summed E-state index contributed by atoms with van der Waals surface area (Å²) in [7, 11) is 0. The normalized spacial score (nSPS) is 14.4. The second kappa shape index (κ2) is 8.64. The largest absolute Gasteiger partial charge is 0.358 e. The summed E-state index contributed by atoms with van der Waals surface area (Å²) in [5.41, 5.74) is 4.28. The Labute approximate surface area is 170 Å². The van der Waals surface area contributed by atoms with E-state index in [-0.39, 0.29) is 11.8 Å². The van der Waals surface area contributed by atoms with Gasteiger partial charge in [-0.15, -0.1) is 0 Å². The van der Waals surface area contributed by atoms with Crippen LogP contribution in [-0.4, -0.2) is 23.3 Å². The molecule has 5 nitrogen and oxygen atoms in total. The number of hydrogen-bond donors (Lipinski definition) is 3. The van der Waals surface area contributed by atoms with E-state index in [0.29, 0.717) is 40.5 Å². The Morgan fingerprint density at radius 2 is 1.97 bits per heavy atom. The number of aromatic amines is 1. The number of halogens is 1. The molecule has 0 radical (unpaired) electrons. The Morgan fingerprint density at radius 1 is 1.24 bits per heavy atom. The Balaban J connectivity index is 1.83. The lowest BCUT2D eigenvalue weighted by atomic mass is 9.99. The number of hydrogen-bond acceptors (Lipinski definition) is 2. The van der Waals surface area contributed by atoms with Crippen LogP contribution >= 0.6 is 0 Å².